The molecule has 0 radical (unpaired) electrons. The molecule has 0 aliphatic heterocycles. The van der Waals surface area contributed by atoms with Crippen LogP contribution >= 0.6 is 11.8 Å². The molecule has 2 aromatic heterocycles. The molecule has 0 saturated heterocycles. The van der Waals surface area contributed by atoms with Gasteiger partial charge in [-0.25, -0.2) is 9.97 Å². The standard InChI is InChI=1S/C13H15N3S/c1-9(2)13-15-10(3)8-12(16-13)17-11-4-6-14-7-5-11/h4-9H,1-3H3. The van der Waals surface area contributed by atoms with Crippen molar-refractivity contribution < 1.29 is 0 Å². The molecule has 0 amide bonds. The van der Waals surface area contributed by atoms with Gasteiger partial charge in [0.2, 0.25) is 0 Å². The first-order valence-electron chi connectivity index (χ1n) is 5.58. The molecule has 2 heterocycles. The minimum atomic E-state index is 0.353. The third kappa shape index (κ3) is 3.27. The van der Waals surface area contributed by atoms with Gasteiger partial charge in [0.25, 0.3) is 0 Å². The van der Waals surface area contributed by atoms with Crippen LogP contribution in [0.15, 0.2) is 40.5 Å². The molecule has 0 unspecified atom stereocenters. The Morgan fingerprint density at radius 3 is 2.47 bits per heavy atom. The maximum absolute atomic E-state index is 4.56. The normalized spacial score (nSPS) is 10.8. The van der Waals surface area contributed by atoms with E-state index in [2.05, 4.69) is 28.8 Å². The fourth-order valence-corrected chi connectivity index (χ4v) is 2.27. The average Bonchev–Trinajstić information content (AvgIpc) is 2.29. The van der Waals surface area contributed by atoms with Gasteiger partial charge in [0.05, 0.1) is 0 Å². The summed E-state index contributed by atoms with van der Waals surface area (Å²) in [5.41, 5.74) is 1.01. The largest absolute Gasteiger partial charge is 0.265 e. The van der Waals surface area contributed by atoms with Gasteiger partial charge in [-0.2, -0.15) is 0 Å². The molecule has 0 N–H and O–H groups in total. The molecule has 0 bridgehead atoms. The van der Waals surface area contributed by atoms with Crippen LogP contribution in [0.4, 0.5) is 0 Å². The van der Waals surface area contributed by atoms with Crippen LogP contribution in [0.5, 0.6) is 0 Å². The van der Waals surface area contributed by atoms with Crippen molar-refractivity contribution in [1.29, 1.82) is 0 Å². The molecule has 2 rings (SSSR count). The number of nitrogens with zero attached hydrogens (tertiary/aromatic N) is 3. The fraction of sp³-hybridized carbons (Fsp3) is 0.308. The topological polar surface area (TPSA) is 38.7 Å². The Hall–Kier alpha value is -1.42. The van der Waals surface area contributed by atoms with Gasteiger partial charge in [-0.15, -0.1) is 0 Å². The second kappa shape index (κ2) is 5.27. The first kappa shape index (κ1) is 12.0. The van der Waals surface area contributed by atoms with Crippen molar-refractivity contribution in [2.45, 2.75) is 36.6 Å². The van der Waals surface area contributed by atoms with Gasteiger partial charge < -0.3 is 0 Å². The summed E-state index contributed by atoms with van der Waals surface area (Å²) in [5.74, 6) is 1.26. The van der Waals surface area contributed by atoms with Crippen LogP contribution in [0, 0.1) is 6.92 Å². The molecule has 17 heavy (non-hydrogen) atoms. The second-order valence-electron chi connectivity index (χ2n) is 4.15. The van der Waals surface area contributed by atoms with Crippen LogP contribution in [-0.2, 0) is 0 Å². The summed E-state index contributed by atoms with van der Waals surface area (Å²) in [5, 5.41) is 0.993. The molecule has 0 fully saturated rings. The summed E-state index contributed by atoms with van der Waals surface area (Å²) in [7, 11) is 0. The van der Waals surface area contributed by atoms with Crippen molar-refractivity contribution in [1.82, 2.24) is 15.0 Å². The SMILES string of the molecule is Cc1cc(Sc2ccncc2)nc(C(C)C)n1. The number of pyridine rings is 1. The van der Waals surface area contributed by atoms with E-state index in [4.69, 9.17) is 0 Å². The van der Waals surface area contributed by atoms with Crippen molar-refractivity contribution >= 4 is 11.8 Å². The predicted octanol–water partition coefficient (Wildman–Crippen LogP) is 3.45. The van der Waals surface area contributed by atoms with Gasteiger partial charge in [0.1, 0.15) is 10.9 Å². The third-order valence-electron chi connectivity index (χ3n) is 2.24. The number of aryl methyl sites for hydroxylation is 1. The molecule has 0 atom stereocenters. The lowest BCUT2D eigenvalue weighted by atomic mass is 10.2. The van der Waals surface area contributed by atoms with Crippen LogP contribution < -0.4 is 0 Å². The minimum Gasteiger partial charge on any atom is -0.265 e. The summed E-state index contributed by atoms with van der Waals surface area (Å²) >= 11 is 1.64. The third-order valence-corrected chi connectivity index (χ3v) is 3.16. The van der Waals surface area contributed by atoms with E-state index >= 15 is 0 Å². The predicted molar refractivity (Wildman–Crippen MR) is 69.2 cm³/mol. The van der Waals surface area contributed by atoms with Gasteiger partial charge in [-0.3, -0.25) is 4.98 Å². The van der Waals surface area contributed by atoms with E-state index in [-0.39, 0.29) is 0 Å². The molecule has 0 aromatic carbocycles. The van der Waals surface area contributed by atoms with Crippen LogP contribution in [0.1, 0.15) is 31.3 Å². The molecule has 0 spiro atoms. The number of hydrogen-bond donors (Lipinski definition) is 0. The highest BCUT2D eigenvalue weighted by atomic mass is 32.2. The zero-order valence-corrected chi connectivity index (χ0v) is 11.0. The quantitative estimate of drug-likeness (QED) is 0.776. The summed E-state index contributed by atoms with van der Waals surface area (Å²) in [4.78, 5) is 14.1. The highest BCUT2D eigenvalue weighted by Crippen LogP contribution is 2.26. The van der Waals surface area contributed by atoms with Crippen molar-refractivity contribution in [3.05, 3.63) is 42.1 Å². The lowest BCUT2D eigenvalue weighted by Gasteiger charge is -2.07. The Bertz CT molecular complexity index is 497. The van der Waals surface area contributed by atoms with Crippen molar-refractivity contribution in [2.75, 3.05) is 0 Å². The van der Waals surface area contributed by atoms with Crippen molar-refractivity contribution in [3.63, 3.8) is 0 Å². The molecule has 2 aromatic rings. The number of hydrogen-bond acceptors (Lipinski definition) is 4. The lowest BCUT2D eigenvalue weighted by molar-refractivity contribution is 0.744. The summed E-state index contributed by atoms with van der Waals surface area (Å²) in [6.07, 6.45) is 3.58. The van der Waals surface area contributed by atoms with Crippen LogP contribution in [0.25, 0.3) is 0 Å². The molecular weight excluding hydrogens is 230 g/mol. The molecule has 0 saturated carbocycles. The molecule has 4 heteroatoms. The summed E-state index contributed by atoms with van der Waals surface area (Å²) in [6.45, 7) is 6.22. The van der Waals surface area contributed by atoms with Gasteiger partial charge in [-0.05, 0) is 25.1 Å². The van der Waals surface area contributed by atoms with E-state index in [0.29, 0.717) is 5.92 Å². The highest BCUT2D eigenvalue weighted by molar-refractivity contribution is 7.99. The van der Waals surface area contributed by atoms with E-state index in [1.54, 1.807) is 24.2 Å². The maximum Gasteiger partial charge on any atom is 0.132 e. The van der Waals surface area contributed by atoms with Gasteiger partial charge >= 0.3 is 0 Å². The summed E-state index contributed by atoms with van der Waals surface area (Å²) in [6, 6.07) is 5.98. The smallest absolute Gasteiger partial charge is 0.132 e. The van der Waals surface area contributed by atoms with Crippen molar-refractivity contribution in [2.24, 2.45) is 0 Å². The van der Waals surface area contributed by atoms with E-state index in [1.165, 1.54) is 0 Å². The van der Waals surface area contributed by atoms with Crippen LogP contribution in [0.2, 0.25) is 0 Å². The Balaban J connectivity index is 2.27. The van der Waals surface area contributed by atoms with Crippen LogP contribution in [-0.4, -0.2) is 15.0 Å². The minimum absolute atomic E-state index is 0.353. The van der Waals surface area contributed by atoms with Gasteiger partial charge in [-0.1, -0.05) is 25.6 Å². The van der Waals surface area contributed by atoms with Crippen molar-refractivity contribution in [3.8, 4) is 0 Å². The van der Waals surface area contributed by atoms with E-state index < -0.39 is 0 Å². The number of aromatic nitrogens is 3. The maximum atomic E-state index is 4.56. The first-order chi connectivity index (χ1) is 8.15. The van der Waals surface area contributed by atoms with Gasteiger partial charge in [0, 0.05) is 28.9 Å². The van der Waals surface area contributed by atoms with Gasteiger partial charge in [0.15, 0.2) is 0 Å². The molecule has 88 valence electrons. The van der Waals surface area contributed by atoms with E-state index in [9.17, 15) is 0 Å². The fourth-order valence-electron chi connectivity index (χ4n) is 1.40. The first-order valence-corrected chi connectivity index (χ1v) is 6.40. The Kier molecular flexibility index (Phi) is 3.74. The Morgan fingerprint density at radius 1 is 1.12 bits per heavy atom. The highest BCUT2D eigenvalue weighted by Gasteiger charge is 2.07. The molecule has 3 nitrogen and oxygen atoms in total. The molecular formula is C13H15N3S. The van der Waals surface area contributed by atoms with Crippen LogP contribution in [0.3, 0.4) is 0 Å². The second-order valence-corrected chi connectivity index (χ2v) is 5.24. The Morgan fingerprint density at radius 2 is 1.82 bits per heavy atom. The lowest BCUT2D eigenvalue weighted by Crippen LogP contribution is -2.00. The monoisotopic (exact) mass is 245 g/mol. The zero-order valence-electron chi connectivity index (χ0n) is 10.2. The average molecular weight is 245 g/mol. The molecule has 0 aliphatic rings. The zero-order chi connectivity index (χ0) is 12.3. The molecule has 0 aliphatic carbocycles. The van der Waals surface area contributed by atoms with E-state index in [1.807, 2.05) is 25.1 Å². The Labute approximate surface area is 106 Å². The van der Waals surface area contributed by atoms with E-state index in [0.717, 1.165) is 21.4 Å². The number of rotatable bonds is 3. The summed E-state index contributed by atoms with van der Waals surface area (Å²) < 4.78 is 0.